The molecule has 0 aliphatic carbocycles. The van der Waals surface area contributed by atoms with Crippen LogP contribution in [0.15, 0.2) is 46.5 Å². The number of furan rings is 1. The van der Waals surface area contributed by atoms with Gasteiger partial charge in [0.15, 0.2) is 0 Å². The number of hydrogen-bond donors (Lipinski definition) is 1. The van der Waals surface area contributed by atoms with Crippen LogP contribution in [0.2, 0.25) is 0 Å². The summed E-state index contributed by atoms with van der Waals surface area (Å²) in [5.74, 6) is 2.89. The number of aromatic nitrogens is 2. The normalized spacial score (nSPS) is 11.0. The summed E-state index contributed by atoms with van der Waals surface area (Å²) < 4.78 is 7.87. The predicted molar refractivity (Wildman–Crippen MR) is 76.1 cm³/mol. The third-order valence-corrected chi connectivity index (χ3v) is 3.72. The maximum absolute atomic E-state index is 5.76. The van der Waals surface area contributed by atoms with Crippen LogP contribution in [0.1, 0.15) is 11.5 Å². The first kappa shape index (κ1) is 12.2. The highest BCUT2D eigenvalue weighted by Gasteiger charge is 2.09. The molecule has 0 unspecified atom stereocenters. The second-order valence-corrected chi connectivity index (χ2v) is 5.20. The SMILES string of the molecule is CNCc1ccc(Cn2ccnc2-c2cccs2)o1. The third-order valence-electron chi connectivity index (χ3n) is 2.85. The molecule has 0 atom stereocenters. The highest BCUT2D eigenvalue weighted by Crippen LogP contribution is 2.23. The molecule has 3 aromatic heterocycles. The molecule has 98 valence electrons. The van der Waals surface area contributed by atoms with E-state index in [9.17, 15) is 0 Å². The van der Waals surface area contributed by atoms with Gasteiger partial charge in [-0.2, -0.15) is 0 Å². The van der Waals surface area contributed by atoms with E-state index in [0.29, 0.717) is 6.54 Å². The van der Waals surface area contributed by atoms with E-state index in [4.69, 9.17) is 4.42 Å². The van der Waals surface area contributed by atoms with Gasteiger partial charge in [-0.15, -0.1) is 11.3 Å². The second kappa shape index (κ2) is 5.42. The van der Waals surface area contributed by atoms with Gasteiger partial charge in [-0.3, -0.25) is 0 Å². The molecule has 3 heterocycles. The van der Waals surface area contributed by atoms with Gasteiger partial charge in [0, 0.05) is 12.4 Å². The molecule has 0 spiro atoms. The van der Waals surface area contributed by atoms with Crippen molar-refractivity contribution in [2.75, 3.05) is 7.05 Å². The Balaban J connectivity index is 1.81. The summed E-state index contributed by atoms with van der Waals surface area (Å²) in [4.78, 5) is 5.59. The minimum absolute atomic E-state index is 0.705. The van der Waals surface area contributed by atoms with Crippen LogP contribution < -0.4 is 5.32 Å². The van der Waals surface area contributed by atoms with Gasteiger partial charge < -0.3 is 14.3 Å². The van der Waals surface area contributed by atoms with Gasteiger partial charge in [0.2, 0.25) is 0 Å². The molecule has 3 rings (SSSR count). The highest BCUT2D eigenvalue weighted by molar-refractivity contribution is 7.13. The number of rotatable bonds is 5. The number of hydrogen-bond acceptors (Lipinski definition) is 4. The van der Waals surface area contributed by atoms with Crippen LogP contribution in [0, 0.1) is 0 Å². The molecule has 0 bridgehead atoms. The van der Waals surface area contributed by atoms with E-state index in [1.165, 1.54) is 4.88 Å². The summed E-state index contributed by atoms with van der Waals surface area (Å²) >= 11 is 1.69. The average molecular weight is 273 g/mol. The van der Waals surface area contributed by atoms with Gasteiger partial charge in [-0.1, -0.05) is 6.07 Å². The van der Waals surface area contributed by atoms with Crippen molar-refractivity contribution in [3.8, 4) is 10.7 Å². The van der Waals surface area contributed by atoms with Crippen molar-refractivity contribution in [2.24, 2.45) is 0 Å². The Morgan fingerprint density at radius 3 is 3.00 bits per heavy atom. The molecule has 5 heteroatoms. The number of thiophene rings is 1. The Morgan fingerprint density at radius 2 is 2.21 bits per heavy atom. The summed E-state index contributed by atoms with van der Waals surface area (Å²) in [5, 5.41) is 5.14. The van der Waals surface area contributed by atoms with E-state index >= 15 is 0 Å². The largest absolute Gasteiger partial charge is 0.463 e. The van der Waals surface area contributed by atoms with Gasteiger partial charge in [-0.05, 0) is 30.6 Å². The first-order chi connectivity index (χ1) is 9.36. The van der Waals surface area contributed by atoms with Crippen LogP contribution in [-0.4, -0.2) is 16.6 Å². The first-order valence-electron chi connectivity index (χ1n) is 6.14. The molecule has 3 aromatic rings. The smallest absolute Gasteiger partial charge is 0.150 e. The van der Waals surface area contributed by atoms with E-state index in [1.54, 1.807) is 11.3 Å². The summed E-state index contributed by atoms with van der Waals surface area (Å²) in [6, 6.07) is 8.15. The molecule has 0 saturated heterocycles. The van der Waals surface area contributed by atoms with Crippen molar-refractivity contribution < 1.29 is 4.42 Å². The summed E-state index contributed by atoms with van der Waals surface area (Å²) in [5.41, 5.74) is 0. The van der Waals surface area contributed by atoms with E-state index in [1.807, 2.05) is 37.6 Å². The highest BCUT2D eigenvalue weighted by atomic mass is 32.1. The zero-order chi connectivity index (χ0) is 13.1. The molecule has 0 radical (unpaired) electrons. The Hall–Kier alpha value is -1.85. The number of imidazole rings is 1. The fraction of sp³-hybridized carbons (Fsp3) is 0.214. The van der Waals surface area contributed by atoms with Crippen molar-refractivity contribution in [1.29, 1.82) is 0 Å². The molecule has 0 saturated carbocycles. The summed E-state index contributed by atoms with van der Waals surface area (Å²) in [6.45, 7) is 1.46. The summed E-state index contributed by atoms with van der Waals surface area (Å²) in [7, 11) is 1.91. The van der Waals surface area contributed by atoms with Crippen LogP contribution in [0.4, 0.5) is 0 Å². The van der Waals surface area contributed by atoms with Crippen molar-refractivity contribution in [3.63, 3.8) is 0 Å². The molecular formula is C14H15N3OS. The monoisotopic (exact) mass is 273 g/mol. The van der Waals surface area contributed by atoms with Crippen LogP contribution in [-0.2, 0) is 13.1 Å². The maximum atomic E-state index is 5.76. The first-order valence-corrected chi connectivity index (χ1v) is 7.02. The lowest BCUT2D eigenvalue weighted by molar-refractivity contribution is 0.445. The number of nitrogens with one attached hydrogen (secondary N) is 1. The van der Waals surface area contributed by atoms with Crippen molar-refractivity contribution in [2.45, 2.75) is 13.1 Å². The van der Waals surface area contributed by atoms with Crippen molar-refractivity contribution >= 4 is 11.3 Å². The van der Waals surface area contributed by atoms with Crippen LogP contribution >= 0.6 is 11.3 Å². The Kier molecular flexibility index (Phi) is 3.48. The second-order valence-electron chi connectivity index (χ2n) is 4.25. The standard InChI is InChI=1S/C14H15N3OS/c1-15-9-11-4-5-12(18-11)10-17-7-6-16-14(17)13-3-2-8-19-13/h2-8,15H,9-10H2,1H3. The van der Waals surface area contributed by atoms with Crippen molar-refractivity contribution in [3.05, 3.63) is 53.6 Å². The lowest BCUT2D eigenvalue weighted by Gasteiger charge is -2.04. The molecular weight excluding hydrogens is 258 g/mol. The average Bonchev–Trinajstić information content (AvgIpc) is 3.11. The number of nitrogens with zero attached hydrogens (tertiary/aromatic N) is 2. The lowest BCUT2D eigenvalue weighted by atomic mass is 10.4. The van der Waals surface area contributed by atoms with E-state index < -0.39 is 0 Å². The fourth-order valence-electron chi connectivity index (χ4n) is 2.01. The molecule has 4 nitrogen and oxygen atoms in total. The predicted octanol–water partition coefficient (Wildman–Crippen LogP) is 2.97. The fourth-order valence-corrected chi connectivity index (χ4v) is 2.75. The van der Waals surface area contributed by atoms with E-state index in [2.05, 4.69) is 26.3 Å². The zero-order valence-electron chi connectivity index (χ0n) is 10.7. The van der Waals surface area contributed by atoms with Gasteiger partial charge in [0.05, 0.1) is 18.0 Å². The van der Waals surface area contributed by atoms with Crippen LogP contribution in [0.5, 0.6) is 0 Å². The molecule has 0 aliphatic heterocycles. The molecule has 0 aliphatic rings. The Labute approximate surface area is 115 Å². The van der Waals surface area contributed by atoms with Crippen LogP contribution in [0.25, 0.3) is 10.7 Å². The quantitative estimate of drug-likeness (QED) is 0.777. The summed E-state index contributed by atoms with van der Waals surface area (Å²) in [6.07, 6.45) is 3.81. The lowest BCUT2D eigenvalue weighted by Crippen LogP contribution is -2.03. The topological polar surface area (TPSA) is 43.0 Å². The molecule has 19 heavy (non-hydrogen) atoms. The molecule has 0 fully saturated rings. The zero-order valence-corrected chi connectivity index (χ0v) is 11.5. The third kappa shape index (κ3) is 2.62. The Bertz CT molecular complexity index is 639. The van der Waals surface area contributed by atoms with Crippen LogP contribution in [0.3, 0.4) is 0 Å². The minimum Gasteiger partial charge on any atom is -0.463 e. The van der Waals surface area contributed by atoms with Gasteiger partial charge in [-0.25, -0.2) is 4.98 Å². The van der Waals surface area contributed by atoms with Gasteiger partial charge in [0.25, 0.3) is 0 Å². The van der Waals surface area contributed by atoms with Gasteiger partial charge in [0.1, 0.15) is 17.3 Å². The Morgan fingerprint density at radius 1 is 1.32 bits per heavy atom. The van der Waals surface area contributed by atoms with Gasteiger partial charge >= 0.3 is 0 Å². The minimum atomic E-state index is 0.705. The molecule has 0 aromatic carbocycles. The van der Waals surface area contributed by atoms with E-state index in [-0.39, 0.29) is 0 Å². The molecule has 1 N–H and O–H groups in total. The van der Waals surface area contributed by atoms with E-state index in [0.717, 1.165) is 23.9 Å². The maximum Gasteiger partial charge on any atom is 0.150 e. The van der Waals surface area contributed by atoms with Crippen molar-refractivity contribution in [1.82, 2.24) is 14.9 Å². The molecule has 0 amide bonds.